The number of nitrogens with one attached hydrogen (secondary N) is 1. The van der Waals surface area contributed by atoms with Crippen LogP contribution in [0.15, 0.2) is 54.9 Å². The van der Waals surface area contributed by atoms with Crippen LogP contribution in [0, 0.1) is 5.82 Å². The average Bonchev–Trinajstić information content (AvgIpc) is 3.18. The van der Waals surface area contributed by atoms with E-state index in [1.54, 1.807) is 30.6 Å². The smallest absolute Gasteiger partial charge is 0.272 e. The molecular weight excluding hydrogens is 331 g/mol. The molecule has 0 aliphatic carbocycles. The van der Waals surface area contributed by atoms with Crippen LogP contribution < -0.4 is 0 Å². The van der Waals surface area contributed by atoms with Crippen LogP contribution in [-0.2, 0) is 0 Å². The predicted molar refractivity (Wildman–Crippen MR) is 96.1 cm³/mol. The number of hydrogen-bond acceptors (Lipinski definition) is 3. The van der Waals surface area contributed by atoms with Crippen molar-refractivity contribution in [1.82, 2.24) is 20.1 Å². The van der Waals surface area contributed by atoms with Crippen LogP contribution in [0.3, 0.4) is 0 Å². The van der Waals surface area contributed by atoms with Gasteiger partial charge < -0.3 is 4.90 Å². The van der Waals surface area contributed by atoms with Gasteiger partial charge in [0.25, 0.3) is 5.91 Å². The van der Waals surface area contributed by atoms with Crippen molar-refractivity contribution >= 4 is 5.91 Å². The quantitative estimate of drug-likeness (QED) is 0.785. The van der Waals surface area contributed by atoms with Gasteiger partial charge in [0, 0.05) is 36.5 Å². The Labute approximate surface area is 150 Å². The molecule has 0 unspecified atom stereocenters. The summed E-state index contributed by atoms with van der Waals surface area (Å²) in [7, 11) is 0. The largest absolute Gasteiger partial charge is 0.337 e. The second-order valence-electron chi connectivity index (χ2n) is 6.49. The highest BCUT2D eigenvalue weighted by atomic mass is 19.1. The summed E-state index contributed by atoms with van der Waals surface area (Å²) in [5.41, 5.74) is 3.24. The van der Waals surface area contributed by atoms with Gasteiger partial charge in [0.1, 0.15) is 11.5 Å². The van der Waals surface area contributed by atoms with Crippen LogP contribution >= 0.6 is 0 Å². The first-order valence-corrected chi connectivity index (χ1v) is 8.72. The van der Waals surface area contributed by atoms with Gasteiger partial charge in [0.05, 0.1) is 6.20 Å². The lowest BCUT2D eigenvalue weighted by Crippen LogP contribution is -2.38. The molecule has 0 radical (unpaired) electrons. The number of benzene rings is 1. The Balaban J connectivity index is 1.48. The van der Waals surface area contributed by atoms with Gasteiger partial charge in [-0.15, -0.1) is 0 Å². The first kappa shape index (κ1) is 16.4. The number of pyridine rings is 1. The molecule has 1 aliphatic rings. The topological polar surface area (TPSA) is 61.9 Å². The number of aromatic amines is 1. The maximum Gasteiger partial charge on any atom is 0.272 e. The minimum Gasteiger partial charge on any atom is -0.337 e. The standard InChI is InChI=1S/C20H19FN4O/c21-16-5-3-4-15(12-16)17-13-23-24-19(17)14-7-10-25(11-8-14)20(26)18-6-1-2-9-22-18/h1-6,9,12-14H,7-8,10-11H2,(H,23,24). The van der Waals surface area contributed by atoms with Crippen LogP contribution in [0.4, 0.5) is 4.39 Å². The van der Waals surface area contributed by atoms with Crippen LogP contribution in [0.25, 0.3) is 11.1 Å². The minimum absolute atomic E-state index is 0.0287. The second kappa shape index (κ2) is 7.07. The van der Waals surface area contributed by atoms with E-state index in [9.17, 15) is 9.18 Å². The van der Waals surface area contributed by atoms with Gasteiger partial charge in [-0.1, -0.05) is 18.2 Å². The third-order valence-electron chi connectivity index (χ3n) is 4.88. The van der Waals surface area contributed by atoms with Gasteiger partial charge in [-0.25, -0.2) is 4.39 Å². The monoisotopic (exact) mass is 350 g/mol. The van der Waals surface area contributed by atoms with Crippen molar-refractivity contribution < 1.29 is 9.18 Å². The molecule has 3 heterocycles. The molecule has 5 nitrogen and oxygen atoms in total. The minimum atomic E-state index is -0.259. The summed E-state index contributed by atoms with van der Waals surface area (Å²) < 4.78 is 13.6. The zero-order valence-corrected chi connectivity index (χ0v) is 14.2. The molecule has 1 aromatic carbocycles. The summed E-state index contributed by atoms with van der Waals surface area (Å²) in [6.07, 6.45) is 5.05. The van der Waals surface area contributed by atoms with E-state index in [1.807, 2.05) is 17.0 Å². The fourth-order valence-electron chi connectivity index (χ4n) is 3.52. The Bertz CT molecular complexity index is 901. The number of nitrogens with zero attached hydrogens (tertiary/aromatic N) is 3. The highest BCUT2D eigenvalue weighted by Gasteiger charge is 2.27. The summed E-state index contributed by atoms with van der Waals surface area (Å²) in [6.45, 7) is 1.34. The van der Waals surface area contributed by atoms with E-state index in [4.69, 9.17) is 0 Å². The van der Waals surface area contributed by atoms with E-state index in [0.29, 0.717) is 18.8 Å². The Morgan fingerprint density at radius 1 is 1.15 bits per heavy atom. The van der Waals surface area contributed by atoms with Crippen LogP contribution in [0.1, 0.15) is 34.9 Å². The third kappa shape index (κ3) is 3.22. The molecule has 4 rings (SSSR count). The maximum absolute atomic E-state index is 13.6. The molecule has 26 heavy (non-hydrogen) atoms. The number of piperidine rings is 1. The van der Waals surface area contributed by atoms with Crippen molar-refractivity contribution in [2.45, 2.75) is 18.8 Å². The van der Waals surface area contributed by atoms with E-state index >= 15 is 0 Å². The summed E-state index contributed by atoms with van der Waals surface area (Å²) >= 11 is 0. The fraction of sp³-hybridized carbons (Fsp3) is 0.250. The van der Waals surface area contributed by atoms with E-state index in [0.717, 1.165) is 29.7 Å². The van der Waals surface area contributed by atoms with Gasteiger partial charge >= 0.3 is 0 Å². The molecule has 0 spiro atoms. The lowest BCUT2D eigenvalue weighted by Gasteiger charge is -2.31. The number of amides is 1. The number of rotatable bonds is 3. The van der Waals surface area contributed by atoms with Crippen LogP contribution in [-0.4, -0.2) is 39.1 Å². The number of H-pyrrole nitrogens is 1. The molecule has 3 aromatic rings. The Kier molecular flexibility index (Phi) is 4.48. The van der Waals surface area contributed by atoms with Crippen molar-refractivity contribution in [3.63, 3.8) is 0 Å². The first-order valence-electron chi connectivity index (χ1n) is 8.72. The van der Waals surface area contributed by atoms with Crippen molar-refractivity contribution in [2.24, 2.45) is 0 Å². The van der Waals surface area contributed by atoms with Gasteiger partial charge in [-0.05, 0) is 42.7 Å². The molecule has 1 amide bonds. The van der Waals surface area contributed by atoms with Crippen molar-refractivity contribution in [3.8, 4) is 11.1 Å². The Morgan fingerprint density at radius 3 is 2.73 bits per heavy atom. The molecule has 2 aromatic heterocycles. The average molecular weight is 350 g/mol. The predicted octanol–water partition coefficient (Wildman–Crippen LogP) is 3.63. The highest BCUT2D eigenvalue weighted by molar-refractivity contribution is 5.92. The number of carbonyl (C=O) groups is 1. The SMILES string of the molecule is O=C(c1ccccn1)N1CCC(c2[nH]ncc2-c2cccc(F)c2)CC1. The maximum atomic E-state index is 13.6. The zero-order chi connectivity index (χ0) is 17.9. The third-order valence-corrected chi connectivity index (χ3v) is 4.88. The molecular formula is C20H19FN4O. The lowest BCUT2D eigenvalue weighted by atomic mass is 9.89. The van der Waals surface area contributed by atoms with Crippen molar-refractivity contribution in [1.29, 1.82) is 0 Å². The van der Waals surface area contributed by atoms with E-state index in [2.05, 4.69) is 15.2 Å². The number of hydrogen-bond donors (Lipinski definition) is 1. The first-order chi connectivity index (χ1) is 12.7. The number of carbonyl (C=O) groups excluding carboxylic acids is 1. The molecule has 1 aliphatic heterocycles. The molecule has 6 heteroatoms. The fourth-order valence-corrected chi connectivity index (χ4v) is 3.52. The second-order valence-corrected chi connectivity index (χ2v) is 6.49. The molecule has 1 N–H and O–H groups in total. The molecule has 0 atom stereocenters. The van der Waals surface area contributed by atoms with Gasteiger partial charge in [-0.2, -0.15) is 5.10 Å². The van der Waals surface area contributed by atoms with E-state index in [1.165, 1.54) is 12.1 Å². The van der Waals surface area contributed by atoms with Gasteiger partial charge in [0.15, 0.2) is 0 Å². The Morgan fingerprint density at radius 2 is 2.00 bits per heavy atom. The zero-order valence-electron chi connectivity index (χ0n) is 14.2. The number of likely N-dealkylation sites (tertiary alicyclic amines) is 1. The molecule has 0 saturated carbocycles. The van der Waals surface area contributed by atoms with Crippen molar-refractivity contribution in [3.05, 3.63) is 72.1 Å². The molecule has 1 saturated heterocycles. The normalized spacial score (nSPS) is 15.2. The molecule has 132 valence electrons. The van der Waals surface area contributed by atoms with Gasteiger partial charge in [0.2, 0.25) is 0 Å². The summed E-state index contributed by atoms with van der Waals surface area (Å²) in [6, 6.07) is 11.9. The highest BCUT2D eigenvalue weighted by Crippen LogP contribution is 2.34. The molecule has 1 fully saturated rings. The lowest BCUT2D eigenvalue weighted by molar-refractivity contribution is 0.0706. The Hall–Kier alpha value is -3.02. The summed E-state index contributed by atoms with van der Waals surface area (Å²) in [5, 5.41) is 7.25. The van der Waals surface area contributed by atoms with E-state index in [-0.39, 0.29) is 17.6 Å². The van der Waals surface area contributed by atoms with Crippen LogP contribution in [0.2, 0.25) is 0 Å². The van der Waals surface area contributed by atoms with Gasteiger partial charge in [-0.3, -0.25) is 14.9 Å². The number of halogens is 1. The summed E-state index contributed by atoms with van der Waals surface area (Å²) in [4.78, 5) is 18.5. The number of aromatic nitrogens is 3. The molecule has 0 bridgehead atoms. The summed E-state index contributed by atoms with van der Waals surface area (Å²) in [5.74, 6) is -0.0204. The van der Waals surface area contributed by atoms with Crippen molar-refractivity contribution in [2.75, 3.05) is 13.1 Å². The van der Waals surface area contributed by atoms with E-state index < -0.39 is 0 Å². The van der Waals surface area contributed by atoms with Crippen LogP contribution in [0.5, 0.6) is 0 Å².